The average molecular weight is 182 g/mol. The van der Waals surface area contributed by atoms with Crippen LogP contribution in [0.25, 0.3) is 0 Å². The summed E-state index contributed by atoms with van der Waals surface area (Å²) in [4.78, 5) is 2.26. The van der Waals surface area contributed by atoms with Crippen molar-refractivity contribution in [1.82, 2.24) is 0 Å². The topological polar surface area (TPSA) is 0 Å². The molecular formula is C4H7I. The van der Waals surface area contributed by atoms with E-state index in [4.69, 9.17) is 0 Å². The third kappa shape index (κ3) is 0.833. The number of hydrogen-bond donors (Lipinski definition) is 0. The molecule has 0 aromatic rings. The quantitative estimate of drug-likeness (QED) is 0.394. The van der Waals surface area contributed by atoms with Crippen LogP contribution in [0.3, 0.4) is 0 Å². The van der Waals surface area contributed by atoms with Gasteiger partial charge >= 0.3 is 35.6 Å². The summed E-state index contributed by atoms with van der Waals surface area (Å²) in [5.41, 5.74) is 0. The zero-order valence-corrected chi connectivity index (χ0v) is 5.40. The zero-order valence-electron chi connectivity index (χ0n) is 3.24. The molecule has 1 heteroatoms. The Morgan fingerprint density at radius 3 is 1.80 bits per heavy atom. The van der Waals surface area contributed by atoms with Crippen molar-refractivity contribution < 1.29 is 0 Å². The van der Waals surface area contributed by atoms with Crippen molar-refractivity contribution in [2.75, 3.05) is 4.93 Å². The van der Waals surface area contributed by atoms with Crippen LogP contribution >= 0.6 is 18.0 Å². The van der Waals surface area contributed by atoms with Gasteiger partial charge in [-0.1, -0.05) is 0 Å². The Morgan fingerprint density at radius 1 is 1.60 bits per heavy atom. The van der Waals surface area contributed by atoms with Gasteiger partial charge in [-0.2, -0.15) is 0 Å². The second-order valence-electron chi connectivity index (χ2n) is 1.39. The summed E-state index contributed by atoms with van der Waals surface area (Å²) < 4.78 is 8.46. The molecule has 0 saturated carbocycles. The molecule has 1 aliphatic rings. The van der Waals surface area contributed by atoms with E-state index >= 15 is 0 Å². The van der Waals surface area contributed by atoms with Gasteiger partial charge in [-0.15, -0.1) is 0 Å². The molecule has 0 fully saturated rings. The molecule has 0 aromatic carbocycles. The Kier molecular flexibility index (Phi) is 0.491. The summed E-state index contributed by atoms with van der Waals surface area (Å²) in [6.45, 7) is 0. The van der Waals surface area contributed by atoms with Gasteiger partial charge < -0.3 is 0 Å². The monoisotopic (exact) mass is 182 g/mol. The van der Waals surface area contributed by atoms with Crippen molar-refractivity contribution in [3.63, 3.8) is 0 Å². The van der Waals surface area contributed by atoms with E-state index in [2.05, 4.69) is 17.6 Å². The molecule has 0 radical (unpaired) electrons. The van der Waals surface area contributed by atoms with E-state index in [1.807, 2.05) is 0 Å². The maximum absolute atomic E-state index is 3.95. The second-order valence-corrected chi connectivity index (χ2v) is 9.33. The van der Waals surface area contributed by atoms with E-state index in [1.54, 1.807) is 0 Å². The first-order chi connectivity index (χ1) is 2.21. The van der Waals surface area contributed by atoms with E-state index < -0.39 is 18.0 Å². The number of rotatable bonds is 0. The van der Waals surface area contributed by atoms with E-state index in [-0.39, 0.29) is 0 Å². The fourth-order valence-corrected chi connectivity index (χ4v) is 3.66. The van der Waals surface area contributed by atoms with Crippen LogP contribution in [0.4, 0.5) is 0 Å². The van der Waals surface area contributed by atoms with Gasteiger partial charge in [-0.3, -0.25) is 0 Å². The summed E-state index contributed by atoms with van der Waals surface area (Å²) in [5, 5.41) is 0. The van der Waals surface area contributed by atoms with Gasteiger partial charge in [0.2, 0.25) is 0 Å². The molecule has 1 heterocycles. The van der Waals surface area contributed by atoms with Crippen LogP contribution in [-0.2, 0) is 0 Å². The molecule has 0 atom stereocenters. The molecule has 0 N–H and O–H groups in total. The van der Waals surface area contributed by atoms with Crippen molar-refractivity contribution in [3.05, 3.63) is 8.17 Å². The second kappa shape index (κ2) is 0.696. The first-order valence-corrected chi connectivity index (χ1v) is 7.59. The van der Waals surface area contributed by atoms with E-state index in [0.29, 0.717) is 0 Å². The van der Waals surface area contributed by atoms with Crippen LogP contribution < -0.4 is 0 Å². The van der Waals surface area contributed by atoms with Crippen molar-refractivity contribution >= 4 is 22.5 Å². The molecule has 0 nitrogen and oxygen atoms in total. The predicted octanol–water partition coefficient (Wildman–Crippen LogP) is 1.58. The van der Waals surface area contributed by atoms with Crippen LogP contribution in [0.5, 0.6) is 0 Å². The fourth-order valence-electron chi connectivity index (χ4n) is 0.0813. The van der Waals surface area contributed by atoms with Gasteiger partial charge in [0.25, 0.3) is 0 Å². The Bertz CT molecular complexity index is 101. The summed E-state index contributed by atoms with van der Waals surface area (Å²) >= 11 is -1.19. The van der Waals surface area contributed by atoms with E-state index in [9.17, 15) is 0 Å². The Labute approximate surface area is 35.9 Å². The van der Waals surface area contributed by atoms with Crippen molar-refractivity contribution in [3.8, 4) is 0 Å². The SMILES string of the molecule is C=I1(C)C=C1. The maximum atomic E-state index is 3.95. The molecule has 0 bridgehead atoms. The van der Waals surface area contributed by atoms with Gasteiger partial charge in [-0.25, -0.2) is 0 Å². The summed E-state index contributed by atoms with van der Waals surface area (Å²) in [5.74, 6) is 0. The first kappa shape index (κ1) is 3.53. The molecule has 0 aromatic heterocycles. The van der Waals surface area contributed by atoms with Gasteiger partial charge in [0.05, 0.1) is 0 Å². The third-order valence-electron chi connectivity index (χ3n) is 0.556. The predicted molar refractivity (Wildman–Crippen MR) is 36.2 cm³/mol. The third-order valence-corrected chi connectivity index (χ3v) is 3.73. The molecule has 1 rings (SSSR count). The van der Waals surface area contributed by atoms with Crippen LogP contribution in [0.15, 0.2) is 8.17 Å². The molecule has 0 saturated heterocycles. The number of alkyl halides is 1. The standard InChI is InChI=1S/C4H7I/c1-5(2)3-4-5/h3-4H,1H2,2H3. The molecule has 1 aliphatic heterocycles. The van der Waals surface area contributed by atoms with Crippen molar-refractivity contribution in [2.45, 2.75) is 0 Å². The van der Waals surface area contributed by atoms with Crippen molar-refractivity contribution in [2.24, 2.45) is 0 Å². The minimum absolute atomic E-state index is 1.19. The van der Waals surface area contributed by atoms with Gasteiger partial charge in [0.15, 0.2) is 0 Å². The Balaban J connectivity index is 2.82. The summed E-state index contributed by atoms with van der Waals surface area (Å²) in [6, 6.07) is 0. The fraction of sp³-hybridized carbons (Fsp3) is 0.250. The van der Waals surface area contributed by atoms with Gasteiger partial charge in [-0.05, 0) is 0 Å². The van der Waals surface area contributed by atoms with Crippen LogP contribution in [-0.4, -0.2) is 9.45 Å². The molecule has 30 valence electrons. The molecule has 0 spiro atoms. The van der Waals surface area contributed by atoms with Crippen LogP contribution in [0.1, 0.15) is 0 Å². The molecule has 0 amide bonds. The molecular weight excluding hydrogens is 175 g/mol. The van der Waals surface area contributed by atoms with Gasteiger partial charge in [0, 0.05) is 0 Å². The van der Waals surface area contributed by atoms with Gasteiger partial charge in [0.1, 0.15) is 0 Å². The summed E-state index contributed by atoms with van der Waals surface area (Å²) in [7, 11) is 0. The zero-order chi connectivity index (χ0) is 3.91. The average Bonchev–Trinajstić information content (AvgIpc) is 1.76. The van der Waals surface area contributed by atoms with E-state index in [0.717, 1.165) is 0 Å². The van der Waals surface area contributed by atoms with Crippen LogP contribution in [0.2, 0.25) is 0 Å². The summed E-state index contributed by atoms with van der Waals surface area (Å²) in [6.07, 6.45) is 0. The number of hydrogen-bond acceptors (Lipinski definition) is 0. The molecule has 0 unspecified atom stereocenters. The first-order valence-electron chi connectivity index (χ1n) is 1.41. The van der Waals surface area contributed by atoms with E-state index in [1.165, 1.54) is 0 Å². The number of halogens is 1. The normalized spacial score (nSPS) is 33.0. The van der Waals surface area contributed by atoms with Crippen molar-refractivity contribution in [1.29, 1.82) is 0 Å². The Morgan fingerprint density at radius 2 is 1.80 bits per heavy atom. The molecule has 5 heavy (non-hydrogen) atoms. The molecule has 0 aliphatic carbocycles. The Hall–Kier alpha value is 0.340. The van der Waals surface area contributed by atoms with Crippen LogP contribution in [0, 0.1) is 0 Å². The minimum atomic E-state index is -1.19.